The molecule has 0 bridgehead atoms. The van der Waals surface area contributed by atoms with Gasteiger partial charge >= 0.3 is 0 Å². The number of ether oxygens (including phenoxy) is 1. The van der Waals surface area contributed by atoms with Crippen molar-refractivity contribution in [2.75, 3.05) is 26.8 Å². The van der Waals surface area contributed by atoms with Crippen molar-refractivity contribution >= 4 is 29.9 Å². The molecule has 0 atom stereocenters. The van der Waals surface area contributed by atoms with Crippen LogP contribution in [0.25, 0.3) is 0 Å². The number of rotatable bonds is 4. The van der Waals surface area contributed by atoms with Gasteiger partial charge in [0.15, 0.2) is 5.96 Å². The van der Waals surface area contributed by atoms with Gasteiger partial charge < -0.3 is 15.4 Å². The normalized spacial score (nSPS) is 21.1. The van der Waals surface area contributed by atoms with Crippen LogP contribution >= 0.6 is 24.0 Å². The molecule has 1 aliphatic carbocycles. The summed E-state index contributed by atoms with van der Waals surface area (Å²) in [5, 5.41) is 7.17. The topological polar surface area (TPSA) is 45.7 Å². The summed E-state index contributed by atoms with van der Waals surface area (Å²) in [6.45, 7) is 2.59. The molecule has 2 aliphatic rings. The summed E-state index contributed by atoms with van der Waals surface area (Å²) < 4.78 is 5.61. The Morgan fingerprint density at radius 3 is 2.46 bits per heavy atom. The molecule has 0 amide bonds. The van der Waals surface area contributed by atoms with E-state index >= 15 is 0 Å². The van der Waals surface area contributed by atoms with Crippen LogP contribution in [0.5, 0.6) is 0 Å². The van der Waals surface area contributed by atoms with E-state index in [4.69, 9.17) is 4.74 Å². The molecule has 1 saturated heterocycles. The van der Waals surface area contributed by atoms with Crippen molar-refractivity contribution in [1.82, 2.24) is 10.6 Å². The van der Waals surface area contributed by atoms with Crippen LogP contribution in [0.3, 0.4) is 0 Å². The van der Waals surface area contributed by atoms with Crippen LogP contribution in [0.15, 0.2) is 35.3 Å². The lowest BCUT2D eigenvalue weighted by molar-refractivity contribution is 0.0513. The van der Waals surface area contributed by atoms with Gasteiger partial charge in [0.05, 0.1) is 0 Å². The molecule has 0 radical (unpaired) electrons. The molecular weight excluding hydrogens is 413 g/mol. The third kappa shape index (κ3) is 4.85. The van der Waals surface area contributed by atoms with E-state index in [0.717, 1.165) is 38.6 Å². The Balaban J connectivity index is 0.00000208. The minimum Gasteiger partial charge on any atom is -0.381 e. The molecule has 2 N–H and O–H groups in total. The molecule has 1 heterocycles. The highest BCUT2D eigenvalue weighted by atomic mass is 127. The van der Waals surface area contributed by atoms with Gasteiger partial charge in [0.25, 0.3) is 0 Å². The predicted molar refractivity (Wildman–Crippen MR) is 110 cm³/mol. The Kier molecular flexibility index (Phi) is 7.81. The van der Waals surface area contributed by atoms with Crippen molar-refractivity contribution in [3.8, 4) is 0 Å². The summed E-state index contributed by atoms with van der Waals surface area (Å²) in [6.07, 6.45) is 7.31. The van der Waals surface area contributed by atoms with Crippen molar-refractivity contribution in [3.05, 3.63) is 35.9 Å². The van der Waals surface area contributed by atoms with E-state index in [1.165, 1.54) is 31.2 Å². The molecule has 1 saturated carbocycles. The van der Waals surface area contributed by atoms with Gasteiger partial charge in [0.2, 0.25) is 0 Å². The van der Waals surface area contributed by atoms with Crippen molar-refractivity contribution in [2.45, 2.75) is 50.0 Å². The number of halogens is 1. The first-order valence-corrected chi connectivity index (χ1v) is 8.93. The fraction of sp³-hybridized carbons (Fsp3) is 0.632. The smallest absolute Gasteiger partial charge is 0.191 e. The summed E-state index contributed by atoms with van der Waals surface area (Å²) in [4.78, 5) is 4.42. The molecule has 5 heteroatoms. The van der Waals surface area contributed by atoms with Gasteiger partial charge in [-0.1, -0.05) is 43.2 Å². The van der Waals surface area contributed by atoms with Crippen LogP contribution in [0.1, 0.15) is 44.1 Å². The maximum atomic E-state index is 5.61. The molecular formula is C19H30IN3O. The predicted octanol–water partition coefficient (Wildman–Crippen LogP) is 3.46. The highest BCUT2D eigenvalue weighted by molar-refractivity contribution is 14.0. The molecule has 1 aromatic rings. The lowest BCUT2D eigenvalue weighted by Gasteiger charge is -2.38. The number of nitrogens with one attached hydrogen (secondary N) is 2. The zero-order valence-corrected chi connectivity index (χ0v) is 16.9. The quantitative estimate of drug-likeness (QED) is 0.426. The molecule has 1 aliphatic heterocycles. The average molecular weight is 443 g/mol. The molecule has 1 aromatic carbocycles. The molecule has 3 rings (SSSR count). The minimum absolute atomic E-state index is 0. The average Bonchev–Trinajstić information content (AvgIpc) is 3.13. The largest absolute Gasteiger partial charge is 0.381 e. The van der Waals surface area contributed by atoms with Gasteiger partial charge in [0, 0.05) is 38.3 Å². The second-order valence-electron chi connectivity index (χ2n) is 6.81. The van der Waals surface area contributed by atoms with Crippen LogP contribution in [0.2, 0.25) is 0 Å². The van der Waals surface area contributed by atoms with E-state index in [1.807, 2.05) is 7.05 Å². The maximum absolute atomic E-state index is 5.61. The van der Waals surface area contributed by atoms with Gasteiger partial charge in [-0.05, 0) is 31.2 Å². The Bertz CT molecular complexity index is 509. The molecule has 134 valence electrons. The van der Waals surface area contributed by atoms with Gasteiger partial charge in [0.1, 0.15) is 0 Å². The summed E-state index contributed by atoms with van der Waals surface area (Å²) in [7, 11) is 1.86. The lowest BCUT2D eigenvalue weighted by Crippen LogP contribution is -2.49. The van der Waals surface area contributed by atoms with Crippen molar-refractivity contribution in [2.24, 2.45) is 4.99 Å². The highest BCUT2D eigenvalue weighted by Crippen LogP contribution is 2.34. The van der Waals surface area contributed by atoms with Crippen molar-refractivity contribution in [1.29, 1.82) is 0 Å². The van der Waals surface area contributed by atoms with Crippen LogP contribution in [0, 0.1) is 0 Å². The van der Waals surface area contributed by atoms with Crippen molar-refractivity contribution in [3.63, 3.8) is 0 Å². The van der Waals surface area contributed by atoms with Crippen LogP contribution < -0.4 is 10.6 Å². The first kappa shape index (κ1) is 19.5. The van der Waals surface area contributed by atoms with E-state index in [1.54, 1.807) is 0 Å². The number of nitrogens with zero attached hydrogens (tertiary/aromatic N) is 1. The number of aliphatic imine (C=N–C) groups is 1. The Morgan fingerprint density at radius 1 is 1.17 bits per heavy atom. The minimum atomic E-state index is 0. The molecule has 4 nitrogen and oxygen atoms in total. The fourth-order valence-corrected chi connectivity index (χ4v) is 3.83. The van der Waals surface area contributed by atoms with Crippen LogP contribution in [0.4, 0.5) is 0 Å². The number of guanidine groups is 1. The summed E-state index contributed by atoms with van der Waals surface area (Å²) in [5.74, 6) is 0.943. The summed E-state index contributed by atoms with van der Waals surface area (Å²) in [5.41, 5.74) is 1.56. The fourth-order valence-electron chi connectivity index (χ4n) is 3.83. The molecule has 0 aromatic heterocycles. The van der Waals surface area contributed by atoms with E-state index in [9.17, 15) is 0 Å². The molecule has 0 spiro atoms. The van der Waals surface area contributed by atoms with Gasteiger partial charge in [-0.25, -0.2) is 0 Å². The Hall–Kier alpha value is -0.820. The molecule has 24 heavy (non-hydrogen) atoms. The Labute approximate surface area is 162 Å². The highest BCUT2D eigenvalue weighted by Gasteiger charge is 2.34. The van der Waals surface area contributed by atoms with Gasteiger partial charge in [-0.3, -0.25) is 4.99 Å². The zero-order chi connectivity index (χ0) is 16.0. The first-order chi connectivity index (χ1) is 11.3. The van der Waals surface area contributed by atoms with Crippen LogP contribution in [-0.2, 0) is 10.2 Å². The summed E-state index contributed by atoms with van der Waals surface area (Å²) in [6, 6.07) is 11.4. The third-order valence-electron chi connectivity index (χ3n) is 5.35. The van der Waals surface area contributed by atoms with E-state index in [2.05, 4.69) is 46.0 Å². The standard InChI is InChI=1S/C19H29N3O.HI/c1-20-18(22-17-9-5-6-10-17)21-15-19(11-13-23-14-12-19)16-7-3-2-4-8-16;/h2-4,7-8,17H,5-6,9-15H2,1H3,(H2,20,21,22);1H. The number of hydrogen-bond acceptors (Lipinski definition) is 2. The van der Waals surface area contributed by atoms with E-state index in [0.29, 0.717) is 6.04 Å². The Morgan fingerprint density at radius 2 is 1.83 bits per heavy atom. The van der Waals surface area contributed by atoms with Gasteiger partial charge in [-0.2, -0.15) is 0 Å². The SMILES string of the molecule is CN=C(NCC1(c2ccccc2)CCOCC1)NC1CCCC1.I. The second-order valence-corrected chi connectivity index (χ2v) is 6.81. The van der Waals surface area contributed by atoms with Crippen molar-refractivity contribution < 1.29 is 4.74 Å². The number of benzene rings is 1. The van der Waals surface area contributed by atoms with Crippen LogP contribution in [-0.4, -0.2) is 38.8 Å². The zero-order valence-electron chi connectivity index (χ0n) is 14.6. The van der Waals surface area contributed by atoms with E-state index < -0.39 is 0 Å². The molecule has 0 unspecified atom stereocenters. The third-order valence-corrected chi connectivity index (χ3v) is 5.35. The monoisotopic (exact) mass is 443 g/mol. The van der Waals surface area contributed by atoms with E-state index in [-0.39, 0.29) is 29.4 Å². The number of hydrogen-bond donors (Lipinski definition) is 2. The van der Waals surface area contributed by atoms with Gasteiger partial charge in [-0.15, -0.1) is 24.0 Å². The summed E-state index contributed by atoms with van der Waals surface area (Å²) >= 11 is 0. The second kappa shape index (κ2) is 9.61. The molecule has 2 fully saturated rings. The lowest BCUT2D eigenvalue weighted by atomic mass is 9.74. The first-order valence-electron chi connectivity index (χ1n) is 8.93. The maximum Gasteiger partial charge on any atom is 0.191 e.